The Hall–Kier alpha value is -1.38. The van der Waals surface area contributed by atoms with Crippen molar-refractivity contribution in [2.45, 2.75) is 33.1 Å². The van der Waals surface area contributed by atoms with E-state index in [9.17, 15) is 0 Å². The maximum absolute atomic E-state index is 5.89. The molecule has 1 aromatic rings. The van der Waals surface area contributed by atoms with Crippen LogP contribution in [0, 0.1) is 0 Å². The second-order valence-electron chi connectivity index (χ2n) is 4.38. The van der Waals surface area contributed by atoms with E-state index in [4.69, 9.17) is 10.5 Å². The average molecular weight is 236 g/mol. The van der Waals surface area contributed by atoms with E-state index in [1.807, 2.05) is 12.1 Å². The van der Waals surface area contributed by atoms with Crippen LogP contribution >= 0.6 is 0 Å². The highest BCUT2D eigenvalue weighted by molar-refractivity contribution is 5.60. The molecule has 3 nitrogen and oxygen atoms in total. The van der Waals surface area contributed by atoms with Gasteiger partial charge in [-0.15, -0.1) is 0 Å². The highest BCUT2D eigenvalue weighted by Crippen LogP contribution is 2.25. The molecule has 17 heavy (non-hydrogen) atoms. The van der Waals surface area contributed by atoms with Crippen LogP contribution in [0.3, 0.4) is 0 Å². The fourth-order valence-electron chi connectivity index (χ4n) is 1.65. The standard InChI is InChI=1S/C14H24N2O/c1-4-6-7-16(3)13-9-12(15)10-14(11-13)17-8-5-2/h9-11H,4-8,15H2,1-3H3. The maximum Gasteiger partial charge on any atom is 0.123 e. The molecule has 0 amide bonds. The normalized spacial score (nSPS) is 10.3. The molecule has 0 saturated heterocycles. The molecule has 0 aliphatic carbocycles. The summed E-state index contributed by atoms with van der Waals surface area (Å²) in [7, 11) is 2.09. The molecule has 2 N–H and O–H groups in total. The van der Waals surface area contributed by atoms with Gasteiger partial charge < -0.3 is 15.4 Å². The van der Waals surface area contributed by atoms with Gasteiger partial charge in [0.1, 0.15) is 5.75 Å². The van der Waals surface area contributed by atoms with E-state index in [0.717, 1.165) is 36.7 Å². The van der Waals surface area contributed by atoms with Gasteiger partial charge in [0, 0.05) is 37.1 Å². The summed E-state index contributed by atoms with van der Waals surface area (Å²) in [5.41, 5.74) is 7.78. The zero-order valence-corrected chi connectivity index (χ0v) is 11.2. The Morgan fingerprint density at radius 1 is 1.18 bits per heavy atom. The lowest BCUT2D eigenvalue weighted by atomic mass is 10.2. The van der Waals surface area contributed by atoms with Crippen LogP contribution in [-0.4, -0.2) is 20.2 Å². The Morgan fingerprint density at radius 2 is 1.94 bits per heavy atom. The first-order chi connectivity index (χ1) is 8.17. The van der Waals surface area contributed by atoms with Crippen molar-refractivity contribution in [2.24, 2.45) is 0 Å². The molecule has 0 aromatic heterocycles. The first kappa shape index (κ1) is 13.7. The number of rotatable bonds is 7. The molecule has 0 bridgehead atoms. The largest absolute Gasteiger partial charge is 0.493 e. The van der Waals surface area contributed by atoms with Crippen molar-refractivity contribution in [1.82, 2.24) is 0 Å². The van der Waals surface area contributed by atoms with Crippen LogP contribution in [-0.2, 0) is 0 Å². The smallest absolute Gasteiger partial charge is 0.123 e. The van der Waals surface area contributed by atoms with Gasteiger partial charge in [0.15, 0.2) is 0 Å². The van der Waals surface area contributed by atoms with Gasteiger partial charge in [-0.25, -0.2) is 0 Å². The minimum Gasteiger partial charge on any atom is -0.493 e. The predicted molar refractivity (Wildman–Crippen MR) is 74.8 cm³/mol. The first-order valence-electron chi connectivity index (χ1n) is 6.41. The van der Waals surface area contributed by atoms with Crippen LogP contribution in [0.2, 0.25) is 0 Å². The highest BCUT2D eigenvalue weighted by atomic mass is 16.5. The molecule has 1 aromatic carbocycles. The van der Waals surface area contributed by atoms with Gasteiger partial charge in [-0.2, -0.15) is 0 Å². The minimum atomic E-state index is 0.738. The van der Waals surface area contributed by atoms with Crippen molar-refractivity contribution in [1.29, 1.82) is 0 Å². The van der Waals surface area contributed by atoms with Crippen molar-refractivity contribution >= 4 is 11.4 Å². The summed E-state index contributed by atoms with van der Waals surface area (Å²) in [6, 6.07) is 5.93. The van der Waals surface area contributed by atoms with Crippen molar-refractivity contribution in [2.75, 3.05) is 30.8 Å². The van der Waals surface area contributed by atoms with Crippen LogP contribution in [0.15, 0.2) is 18.2 Å². The third-order valence-electron chi connectivity index (χ3n) is 2.67. The molecule has 96 valence electrons. The number of unbranched alkanes of at least 4 members (excludes halogenated alkanes) is 1. The van der Waals surface area contributed by atoms with E-state index in [1.54, 1.807) is 0 Å². The van der Waals surface area contributed by atoms with Crippen LogP contribution in [0.4, 0.5) is 11.4 Å². The maximum atomic E-state index is 5.89. The van der Waals surface area contributed by atoms with E-state index in [1.165, 1.54) is 12.8 Å². The first-order valence-corrected chi connectivity index (χ1v) is 6.41. The summed E-state index contributed by atoms with van der Waals surface area (Å²) >= 11 is 0. The fraction of sp³-hybridized carbons (Fsp3) is 0.571. The minimum absolute atomic E-state index is 0.738. The average Bonchev–Trinajstić information content (AvgIpc) is 2.32. The molecule has 0 spiro atoms. The monoisotopic (exact) mass is 236 g/mol. The predicted octanol–water partition coefficient (Wildman–Crippen LogP) is 3.29. The van der Waals surface area contributed by atoms with E-state index in [0.29, 0.717) is 0 Å². The van der Waals surface area contributed by atoms with Crippen LogP contribution in [0.25, 0.3) is 0 Å². The second-order valence-corrected chi connectivity index (χ2v) is 4.38. The van der Waals surface area contributed by atoms with E-state index < -0.39 is 0 Å². The number of hydrogen-bond donors (Lipinski definition) is 1. The third-order valence-corrected chi connectivity index (χ3v) is 2.67. The van der Waals surface area contributed by atoms with Crippen molar-refractivity contribution in [3.63, 3.8) is 0 Å². The zero-order valence-electron chi connectivity index (χ0n) is 11.2. The number of nitrogens with two attached hydrogens (primary N) is 1. The highest BCUT2D eigenvalue weighted by Gasteiger charge is 2.04. The van der Waals surface area contributed by atoms with Crippen molar-refractivity contribution in [3.8, 4) is 5.75 Å². The second kappa shape index (κ2) is 7.05. The Kier molecular flexibility index (Phi) is 5.67. The Balaban J connectivity index is 2.73. The summed E-state index contributed by atoms with van der Waals surface area (Å²) < 4.78 is 5.62. The SMILES string of the molecule is CCCCN(C)c1cc(N)cc(OCCC)c1. The summed E-state index contributed by atoms with van der Waals surface area (Å²) in [5.74, 6) is 0.866. The summed E-state index contributed by atoms with van der Waals surface area (Å²) in [5, 5.41) is 0. The topological polar surface area (TPSA) is 38.5 Å². The number of nitrogen functional groups attached to an aromatic ring is 1. The molecule has 1 rings (SSSR count). The molecule has 0 heterocycles. The van der Waals surface area contributed by atoms with Gasteiger partial charge in [0.05, 0.1) is 6.61 Å². The van der Waals surface area contributed by atoms with E-state index >= 15 is 0 Å². The van der Waals surface area contributed by atoms with E-state index in [2.05, 4.69) is 31.9 Å². The lowest BCUT2D eigenvalue weighted by Crippen LogP contribution is -2.18. The molecule has 0 saturated carbocycles. The lowest BCUT2D eigenvalue weighted by Gasteiger charge is -2.20. The fourth-order valence-corrected chi connectivity index (χ4v) is 1.65. The molecule has 0 aliphatic heterocycles. The molecule has 0 fully saturated rings. The molecule has 0 unspecified atom stereocenters. The molecule has 3 heteroatoms. The van der Waals surface area contributed by atoms with Crippen LogP contribution in [0.5, 0.6) is 5.75 Å². The molecule has 0 radical (unpaired) electrons. The van der Waals surface area contributed by atoms with Gasteiger partial charge in [-0.1, -0.05) is 20.3 Å². The summed E-state index contributed by atoms with van der Waals surface area (Å²) in [4.78, 5) is 2.22. The van der Waals surface area contributed by atoms with Gasteiger partial charge in [0.2, 0.25) is 0 Å². The number of anilines is 2. The zero-order chi connectivity index (χ0) is 12.7. The molecule has 0 aliphatic rings. The van der Waals surface area contributed by atoms with Gasteiger partial charge in [0.25, 0.3) is 0 Å². The summed E-state index contributed by atoms with van der Waals surface area (Å²) in [6.07, 6.45) is 3.40. The molecule has 0 atom stereocenters. The van der Waals surface area contributed by atoms with Crippen LogP contribution < -0.4 is 15.4 Å². The number of nitrogens with zero attached hydrogens (tertiary/aromatic N) is 1. The number of ether oxygens (including phenoxy) is 1. The van der Waals surface area contributed by atoms with Crippen LogP contribution in [0.1, 0.15) is 33.1 Å². The van der Waals surface area contributed by atoms with Gasteiger partial charge >= 0.3 is 0 Å². The van der Waals surface area contributed by atoms with Gasteiger partial charge in [-0.05, 0) is 18.9 Å². The number of benzene rings is 1. The molecular weight excluding hydrogens is 212 g/mol. The summed E-state index contributed by atoms with van der Waals surface area (Å²) in [6.45, 7) is 6.08. The quantitative estimate of drug-likeness (QED) is 0.738. The Bertz CT molecular complexity index is 339. The lowest BCUT2D eigenvalue weighted by molar-refractivity contribution is 0.317. The third kappa shape index (κ3) is 4.55. The van der Waals surface area contributed by atoms with Gasteiger partial charge in [-0.3, -0.25) is 0 Å². The molecular formula is C14H24N2O. The Labute approximate surface area is 105 Å². The Morgan fingerprint density at radius 3 is 2.59 bits per heavy atom. The van der Waals surface area contributed by atoms with E-state index in [-0.39, 0.29) is 0 Å². The van der Waals surface area contributed by atoms with Crippen molar-refractivity contribution < 1.29 is 4.74 Å². The van der Waals surface area contributed by atoms with Crippen molar-refractivity contribution in [3.05, 3.63) is 18.2 Å². The number of hydrogen-bond acceptors (Lipinski definition) is 3.